The molecule has 1 heterocycles. The molecule has 1 atom stereocenters. The summed E-state index contributed by atoms with van der Waals surface area (Å²) in [7, 11) is 1.59. The van der Waals surface area contributed by atoms with Crippen LogP contribution in [0.2, 0.25) is 0 Å². The first-order chi connectivity index (χ1) is 16.4. The molecule has 1 fully saturated rings. The van der Waals surface area contributed by atoms with Gasteiger partial charge in [-0.15, -0.1) is 0 Å². The standard InChI is InChI=1S/C26H35N3O5/c1-4-18(17-25(30)31)19-6-11-24(29(5-2)21-12-14-34-15-13-21)23(16-19)28-26(32)27-20-7-9-22(33-3)10-8-20/h6-11,16,18,21H,4-5,12-15,17H2,1-3H3,(H,30,31)(H2,27,28,32)/t18-/m1/s1. The summed E-state index contributed by atoms with van der Waals surface area (Å²) in [4.78, 5) is 26.6. The van der Waals surface area contributed by atoms with Gasteiger partial charge in [0, 0.05) is 31.5 Å². The highest BCUT2D eigenvalue weighted by Gasteiger charge is 2.24. The maximum atomic E-state index is 12.9. The molecule has 8 heteroatoms. The molecule has 3 rings (SSSR count). The van der Waals surface area contributed by atoms with Gasteiger partial charge in [0.1, 0.15) is 5.75 Å². The maximum Gasteiger partial charge on any atom is 0.323 e. The summed E-state index contributed by atoms with van der Waals surface area (Å²) in [5, 5.41) is 15.2. The fourth-order valence-corrected chi connectivity index (χ4v) is 4.45. The molecule has 1 saturated heterocycles. The van der Waals surface area contributed by atoms with Gasteiger partial charge in [0.05, 0.1) is 24.9 Å². The predicted octanol–water partition coefficient (Wildman–Crippen LogP) is 5.31. The lowest BCUT2D eigenvalue weighted by Gasteiger charge is -2.36. The number of aliphatic carboxylic acids is 1. The molecule has 2 amide bonds. The van der Waals surface area contributed by atoms with E-state index in [1.165, 1.54) is 0 Å². The van der Waals surface area contributed by atoms with Gasteiger partial charge in [0.15, 0.2) is 0 Å². The predicted molar refractivity (Wildman–Crippen MR) is 134 cm³/mol. The lowest BCUT2D eigenvalue weighted by atomic mass is 9.92. The smallest absolute Gasteiger partial charge is 0.323 e. The van der Waals surface area contributed by atoms with Gasteiger partial charge in [0.2, 0.25) is 0 Å². The number of carbonyl (C=O) groups excluding carboxylic acids is 1. The molecule has 0 aliphatic carbocycles. The number of anilines is 3. The molecule has 0 saturated carbocycles. The number of amides is 2. The fraction of sp³-hybridized carbons (Fsp3) is 0.462. The zero-order valence-electron chi connectivity index (χ0n) is 20.2. The zero-order chi connectivity index (χ0) is 24.5. The number of hydrogen-bond acceptors (Lipinski definition) is 5. The second-order valence-electron chi connectivity index (χ2n) is 8.42. The van der Waals surface area contributed by atoms with E-state index >= 15 is 0 Å². The average Bonchev–Trinajstić information content (AvgIpc) is 2.85. The van der Waals surface area contributed by atoms with Gasteiger partial charge < -0.3 is 30.1 Å². The number of carboxylic acid groups (broad SMARTS) is 1. The third kappa shape index (κ3) is 6.63. The van der Waals surface area contributed by atoms with Gasteiger partial charge >= 0.3 is 12.0 Å². The van der Waals surface area contributed by atoms with Crippen LogP contribution in [0.1, 0.15) is 51.0 Å². The minimum absolute atomic E-state index is 0.0464. The molecule has 0 spiro atoms. The summed E-state index contributed by atoms with van der Waals surface area (Å²) in [6.07, 6.45) is 2.58. The van der Waals surface area contributed by atoms with Crippen molar-refractivity contribution in [2.45, 2.75) is 51.5 Å². The van der Waals surface area contributed by atoms with Gasteiger partial charge in [-0.1, -0.05) is 13.0 Å². The summed E-state index contributed by atoms with van der Waals surface area (Å²) in [6.45, 7) is 6.30. The first kappa shape index (κ1) is 25.4. The van der Waals surface area contributed by atoms with Crippen molar-refractivity contribution in [3.63, 3.8) is 0 Å². The van der Waals surface area contributed by atoms with Crippen LogP contribution in [0.5, 0.6) is 5.75 Å². The van der Waals surface area contributed by atoms with Gasteiger partial charge in [-0.2, -0.15) is 0 Å². The van der Waals surface area contributed by atoms with E-state index in [2.05, 4.69) is 22.5 Å². The molecule has 34 heavy (non-hydrogen) atoms. The lowest BCUT2D eigenvalue weighted by Crippen LogP contribution is -2.40. The quantitative estimate of drug-likeness (QED) is 0.436. The van der Waals surface area contributed by atoms with Gasteiger partial charge in [-0.05, 0) is 74.1 Å². The van der Waals surface area contributed by atoms with Crippen molar-refractivity contribution in [3.05, 3.63) is 48.0 Å². The highest BCUT2D eigenvalue weighted by atomic mass is 16.5. The Kier molecular flexibility index (Phi) is 9.16. The number of nitrogens with zero attached hydrogens (tertiary/aromatic N) is 1. The van der Waals surface area contributed by atoms with Crippen molar-refractivity contribution < 1.29 is 24.2 Å². The second-order valence-corrected chi connectivity index (χ2v) is 8.42. The van der Waals surface area contributed by atoms with Gasteiger partial charge in [-0.25, -0.2) is 4.79 Å². The minimum Gasteiger partial charge on any atom is -0.497 e. The Hall–Kier alpha value is -3.26. The zero-order valence-corrected chi connectivity index (χ0v) is 20.2. The molecular formula is C26H35N3O5. The number of methoxy groups -OCH3 is 1. The molecule has 0 unspecified atom stereocenters. The van der Waals surface area contributed by atoms with Gasteiger partial charge in [0.25, 0.3) is 0 Å². The molecule has 3 N–H and O–H groups in total. The van der Waals surface area contributed by atoms with Crippen LogP contribution in [0, 0.1) is 0 Å². The minimum atomic E-state index is -0.833. The fourth-order valence-electron chi connectivity index (χ4n) is 4.45. The molecule has 1 aliphatic heterocycles. The van der Waals surface area contributed by atoms with E-state index < -0.39 is 5.97 Å². The Morgan fingerprint density at radius 1 is 1.12 bits per heavy atom. The Balaban J connectivity index is 1.89. The molecule has 1 aliphatic rings. The summed E-state index contributed by atoms with van der Waals surface area (Å²) < 4.78 is 10.7. The van der Waals surface area contributed by atoms with Crippen molar-refractivity contribution in [1.29, 1.82) is 0 Å². The molecule has 8 nitrogen and oxygen atoms in total. The number of urea groups is 1. The van der Waals surface area contributed by atoms with E-state index in [-0.39, 0.29) is 18.4 Å². The highest BCUT2D eigenvalue weighted by Crippen LogP contribution is 2.35. The summed E-state index contributed by atoms with van der Waals surface area (Å²) in [5.74, 6) is -0.255. The van der Waals surface area contributed by atoms with Crippen LogP contribution < -0.4 is 20.3 Å². The number of nitrogens with one attached hydrogen (secondary N) is 2. The molecule has 0 aromatic heterocycles. The highest BCUT2D eigenvalue weighted by molar-refractivity contribution is 6.02. The van der Waals surface area contributed by atoms with Crippen LogP contribution in [-0.4, -0.2) is 50.0 Å². The number of ether oxygens (including phenoxy) is 2. The number of carbonyl (C=O) groups is 2. The molecular weight excluding hydrogens is 434 g/mol. The lowest BCUT2D eigenvalue weighted by molar-refractivity contribution is -0.137. The molecule has 2 aromatic carbocycles. The van der Waals surface area contributed by atoms with E-state index in [4.69, 9.17) is 9.47 Å². The first-order valence-corrected chi connectivity index (χ1v) is 11.9. The monoisotopic (exact) mass is 469 g/mol. The Morgan fingerprint density at radius 2 is 1.82 bits per heavy atom. The SMILES string of the molecule is CC[C@H](CC(=O)O)c1ccc(N(CC)C2CCOCC2)c(NC(=O)Nc2ccc(OC)cc2)c1. The van der Waals surface area contributed by atoms with E-state index in [1.54, 1.807) is 31.4 Å². The van der Waals surface area contributed by atoms with E-state index in [9.17, 15) is 14.7 Å². The Labute approximate surface area is 201 Å². The van der Waals surface area contributed by atoms with Crippen LogP contribution in [0.4, 0.5) is 21.9 Å². The van der Waals surface area contributed by atoms with Crippen LogP contribution in [-0.2, 0) is 9.53 Å². The number of carboxylic acids is 1. The van der Waals surface area contributed by atoms with Gasteiger partial charge in [-0.3, -0.25) is 4.79 Å². The average molecular weight is 470 g/mol. The van der Waals surface area contributed by atoms with Crippen LogP contribution in [0.3, 0.4) is 0 Å². The van der Waals surface area contributed by atoms with E-state index in [1.807, 2.05) is 25.1 Å². The van der Waals surface area contributed by atoms with Crippen LogP contribution in [0.15, 0.2) is 42.5 Å². The molecule has 2 aromatic rings. The third-order valence-corrected chi connectivity index (χ3v) is 6.28. The largest absolute Gasteiger partial charge is 0.497 e. The summed E-state index contributed by atoms with van der Waals surface area (Å²) in [6, 6.07) is 13.0. The van der Waals surface area contributed by atoms with E-state index in [0.717, 1.165) is 43.9 Å². The van der Waals surface area contributed by atoms with Crippen LogP contribution in [0.25, 0.3) is 0 Å². The van der Waals surface area contributed by atoms with Crippen molar-refractivity contribution in [3.8, 4) is 5.75 Å². The number of benzene rings is 2. The number of rotatable bonds is 10. The molecule has 184 valence electrons. The van der Waals surface area contributed by atoms with Crippen LogP contribution >= 0.6 is 0 Å². The summed E-state index contributed by atoms with van der Waals surface area (Å²) >= 11 is 0. The third-order valence-electron chi connectivity index (χ3n) is 6.28. The Morgan fingerprint density at radius 3 is 2.41 bits per heavy atom. The second kappa shape index (κ2) is 12.3. The first-order valence-electron chi connectivity index (χ1n) is 11.9. The maximum absolute atomic E-state index is 12.9. The molecule has 0 radical (unpaired) electrons. The Bertz CT molecular complexity index is 957. The number of hydrogen-bond donors (Lipinski definition) is 3. The van der Waals surface area contributed by atoms with Crippen molar-refractivity contribution in [1.82, 2.24) is 0 Å². The van der Waals surface area contributed by atoms with Crippen molar-refractivity contribution in [2.75, 3.05) is 42.4 Å². The molecule has 0 bridgehead atoms. The normalized spacial score (nSPS) is 14.8. The topological polar surface area (TPSA) is 100 Å². The summed E-state index contributed by atoms with van der Waals surface area (Å²) in [5.41, 5.74) is 3.13. The van der Waals surface area contributed by atoms with Crippen molar-refractivity contribution >= 4 is 29.1 Å². The van der Waals surface area contributed by atoms with Crippen molar-refractivity contribution in [2.24, 2.45) is 0 Å². The van der Waals surface area contributed by atoms with E-state index in [0.29, 0.717) is 29.6 Å².